The van der Waals surface area contributed by atoms with Gasteiger partial charge in [-0.2, -0.15) is 8.78 Å². The van der Waals surface area contributed by atoms with Crippen molar-refractivity contribution in [1.29, 1.82) is 0 Å². The highest BCUT2D eigenvalue weighted by Gasteiger charge is 2.22. The molecule has 8 nitrogen and oxygen atoms in total. The van der Waals surface area contributed by atoms with Crippen LogP contribution in [0.25, 0.3) is 0 Å². The molecule has 0 aliphatic carbocycles. The van der Waals surface area contributed by atoms with Crippen molar-refractivity contribution in [2.24, 2.45) is 0 Å². The Balaban J connectivity index is 1.51. The molecule has 3 rings (SSSR count). The van der Waals surface area contributed by atoms with Gasteiger partial charge in [0.1, 0.15) is 0 Å². The molecule has 150 valence electrons. The average molecular weight is 393 g/mol. The van der Waals surface area contributed by atoms with E-state index >= 15 is 0 Å². The monoisotopic (exact) mass is 393 g/mol. The fourth-order valence-corrected chi connectivity index (χ4v) is 2.87. The third kappa shape index (κ3) is 4.96. The molecule has 28 heavy (non-hydrogen) atoms. The second-order valence-electron chi connectivity index (χ2n) is 6.05. The fourth-order valence-electron chi connectivity index (χ4n) is 2.87. The van der Waals surface area contributed by atoms with E-state index in [2.05, 4.69) is 20.0 Å². The van der Waals surface area contributed by atoms with Crippen LogP contribution in [0.2, 0.25) is 0 Å². The van der Waals surface area contributed by atoms with Gasteiger partial charge in [0.25, 0.3) is 0 Å². The highest BCUT2D eigenvalue weighted by molar-refractivity contribution is 5.74. The summed E-state index contributed by atoms with van der Waals surface area (Å²) in [6, 6.07) is 6.12. The summed E-state index contributed by atoms with van der Waals surface area (Å²) in [6.45, 7) is -0.301. The van der Waals surface area contributed by atoms with Crippen LogP contribution in [-0.4, -0.2) is 60.8 Å². The van der Waals surface area contributed by atoms with Crippen molar-refractivity contribution in [1.82, 2.24) is 20.2 Å². The number of amides is 2. The molecule has 1 N–H and O–H groups in total. The average Bonchev–Trinajstić information content (AvgIpc) is 2.73. The van der Waals surface area contributed by atoms with E-state index in [9.17, 15) is 13.6 Å². The molecule has 1 aromatic carbocycles. The molecule has 1 aliphatic rings. The number of anilines is 1. The summed E-state index contributed by atoms with van der Waals surface area (Å²) in [5.74, 6) is 0.788. The number of ether oxygens (including phenoxy) is 2. The van der Waals surface area contributed by atoms with Gasteiger partial charge in [-0.1, -0.05) is 6.07 Å². The number of carbonyl (C=O) groups is 1. The van der Waals surface area contributed by atoms with Gasteiger partial charge >= 0.3 is 12.6 Å². The smallest absolute Gasteiger partial charge is 0.387 e. The molecule has 1 aliphatic heterocycles. The van der Waals surface area contributed by atoms with Gasteiger partial charge in [0.15, 0.2) is 11.5 Å². The lowest BCUT2D eigenvalue weighted by atomic mass is 10.2. The van der Waals surface area contributed by atoms with E-state index in [0.717, 1.165) is 0 Å². The lowest BCUT2D eigenvalue weighted by Gasteiger charge is -2.34. The molecule has 2 aromatic rings. The Hall–Kier alpha value is -3.17. The Morgan fingerprint density at radius 3 is 2.54 bits per heavy atom. The van der Waals surface area contributed by atoms with Crippen LogP contribution < -0.4 is 19.7 Å². The molecule has 2 amide bonds. The summed E-state index contributed by atoms with van der Waals surface area (Å²) in [5.41, 5.74) is 0.711. The van der Waals surface area contributed by atoms with E-state index in [1.807, 2.05) is 4.90 Å². The van der Waals surface area contributed by atoms with Crippen LogP contribution >= 0.6 is 0 Å². The van der Waals surface area contributed by atoms with Gasteiger partial charge in [-0.25, -0.2) is 14.8 Å². The maximum absolute atomic E-state index is 12.4. The summed E-state index contributed by atoms with van der Waals surface area (Å²) in [5, 5.41) is 2.83. The van der Waals surface area contributed by atoms with E-state index in [-0.39, 0.29) is 24.1 Å². The molecule has 1 aromatic heterocycles. The summed E-state index contributed by atoms with van der Waals surface area (Å²) in [7, 11) is 1.37. The summed E-state index contributed by atoms with van der Waals surface area (Å²) < 4.78 is 34.2. The van der Waals surface area contributed by atoms with Crippen molar-refractivity contribution < 1.29 is 23.0 Å². The first kappa shape index (κ1) is 19.6. The highest BCUT2D eigenvalue weighted by Crippen LogP contribution is 2.29. The number of aromatic nitrogens is 2. The van der Waals surface area contributed by atoms with Crippen LogP contribution in [0.4, 0.5) is 19.5 Å². The summed E-state index contributed by atoms with van der Waals surface area (Å²) in [6.07, 6.45) is 3.38. The predicted molar refractivity (Wildman–Crippen MR) is 97.7 cm³/mol. The maximum Gasteiger partial charge on any atom is 0.387 e. The first-order valence-corrected chi connectivity index (χ1v) is 8.73. The van der Waals surface area contributed by atoms with Gasteiger partial charge in [-0.3, -0.25) is 0 Å². The lowest BCUT2D eigenvalue weighted by Crippen LogP contribution is -2.52. The van der Waals surface area contributed by atoms with Crippen molar-refractivity contribution in [2.45, 2.75) is 13.2 Å². The van der Waals surface area contributed by atoms with E-state index in [0.29, 0.717) is 37.7 Å². The quantitative estimate of drug-likeness (QED) is 0.810. The van der Waals surface area contributed by atoms with E-state index < -0.39 is 6.61 Å². The first-order valence-electron chi connectivity index (χ1n) is 8.73. The standard InChI is InChI=1S/C18H21F2N5O3/c1-27-15-11-13(3-4-14(15)28-16(19)20)12-23-18(26)25-9-7-24(8-10-25)17-21-5-2-6-22-17/h2-6,11,16H,7-10,12H2,1H3,(H,23,26). The number of rotatable bonds is 6. The number of nitrogens with zero attached hydrogens (tertiary/aromatic N) is 4. The Bertz CT molecular complexity index is 786. The van der Waals surface area contributed by atoms with Gasteiger partial charge in [0.05, 0.1) is 7.11 Å². The predicted octanol–water partition coefficient (Wildman–Crippen LogP) is 2.12. The number of carbonyl (C=O) groups excluding carboxylic acids is 1. The van der Waals surface area contributed by atoms with E-state index in [1.54, 1.807) is 35.5 Å². The topological polar surface area (TPSA) is 79.8 Å². The number of piperazine rings is 1. The van der Waals surface area contributed by atoms with Crippen molar-refractivity contribution >= 4 is 12.0 Å². The number of hydrogen-bond donors (Lipinski definition) is 1. The molecular formula is C18H21F2N5O3. The number of halogens is 2. The minimum atomic E-state index is -2.93. The summed E-state index contributed by atoms with van der Waals surface area (Å²) in [4.78, 5) is 24.6. The molecule has 0 spiro atoms. The first-order chi connectivity index (χ1) is 13.6. The molecule has 10 heteroatoms. The SMILES string of the molecule is COc1cc(CNC(=O)N2CCN(c3ncccn3)CC2)ccc1OC(F)F. The largest absolute Gasteiger partial charge is 0.493 e. The van der Waals surface area contributed by atoms with Gasteiger partial charge in [0.2, 0.25) is 5.95 Å². The minimum Gasteiger partial charge on any atom is -0.493 e. The zero-order chi connectivity index (χ0) is 19.9. The number of hydrogen-bond acceptors (Lipinski definition) is 6. The number of alkyl halides is 2. The van der Waals surface area contributed by atoms with Crippen LogP contribution in [0, 0.1) is 0 Å². The van der Waals surface area contributed by atoms with Crippen LogP contribution in [0.3, 0.4) is 0 Å². The zero-order valence-corrected chi connectivity index (χ0v) is 15.3. The normalized spacial score (nSPS) is 14.1. The van der Waals surface area contributed by atoms with Crippen molar-refractivity contribution in [2.75, 3.05) is 38.2 Å². The van der Waals surface area contributed by atoms with Gasteiger partial charge in [-0.05, 0) is 23.8 Å². The maximum atomic E-state index is 12.4. The van der Waals surface area contributed by atoms with Crippen molar-refractivity contribution in [3.8, 4) is 11.5 Å². The molecule has 0 unspecified atom stereocenters. The van der Waals surface area contributed by atoms with Gasteiger partial charge in [0, 0.05) is 45.1 Å². The molecule has 0 radical (unpaired) electrons. The van der Waals surface area contributed by atoms with Gasteiger partial charge in [-0.15, -0.1) is 0 Å². The molecule has 0 atom stereocenters. The number of urea groups is 1. The Kier molecular flexibility index (Phi) is 6.41. The number of methoxy groups -OCH3 is 1. The Morgan fingerprint density at radius 2 is 1.89 bits per heavy atom. The van der Waals surface area contributed by atoms with Crippen LogP contribution in [0.5, 0.6) is 11.5 Å². The van der Waals surface area contributed by atoms with Crippen molar-refractivity contribution in [3.05, 3.63) is 42.2 Å². The Morgan fingerprint density at radius 1 is 1.18 bits per heavy atom. The number of nitrogens with one attached hydrogen (secondary N) is 1. The second kappa shape index (κ2) is 9.16. The molecule has 1 fully saturated rings. The van der Waals surface area contributed by atoms with E-state index in [4.69, 9.17) is 4.74 Å². The highest BCUT2D eigenvalue weighted by atomic mass is 19.3. The lowest BCUT2D eigenvalue weighted by molar-refractivity contribution is -0.0512. The Labute approximate surface area is 161 Å². The molecule has 2 heterocycles. The molecule has 0 saturated carbocycles. The number of benzene rings is 1. The zero-order valence-electron chi connectivity index (χ0n) is 15.3. The third-order valence-electron chi connectivity index (χ3n) is 4.29. The van der Waals surface area contributed by atoms with Gasteiger partial charge < -0.3 is 24.6 Å². The van der Waals surface area contributed by atoms with Crippen LogP contribution in [-0.2, 0) is 6.54 Å². The van der Waals surface area contributed by atoms with E-state index in [1.165, 1.54) is 13.2 Å². The second-order valence-corrected chi connectivity index (χ2v) is 6.05. The van der Waals surface area contributed by atoms with Crippen molar-refractivity contribution in [3.63, 3.8) is 0 Å². The minimum absolute atomic E-state index is 0.0492. The fraction of sp³-hybridized carbons (Fsp3) is 0.389. The van der Waals surface area contributed by atoms with Crippen LogP contribution in [0.1, 0.15) is 5.56 Å². The summed E-state index contributed by atoms with van der Waals surface area (Å²) >= 11 is 0. The third-order valence-corrected chi connectivity index (χ3v) is 4.29. The van der Waals surface area contributed by atoms with Crippen LogP contribution in [0.15, 0.2) is 36.7 Å². The molecular weight excluding hydrogens is 372 g/mol. The molecule has 1 saturated heterocycles. The molecule has 0 bridgehead atoms.